The van der Waals surface area contributed by atoms with Gasteiger partial charge in [-0.1, -0.05) is 6.07 Å². The lowest BCUT2D eigenvalue weighted by Crippen LogP contribution is -2.37. The van der Waals surface area contributed by atoms with Crippen molar-refractivity contribution in [2.45, 2.75) is 39.0 Å². The zero-order chi connectivity index (χ0) is 18.5. The zero-order valence-electron chi connectivity index (χ0n) is 15.2. The second kappa shape index (κ2) is 12.6. The Bertz CT molecular complexity index is 567. The molecule has 2 N–H and O–H groups in total. The van der Waals surface area contributed by atoms with Crippen molar-refractivity contribution in [1.29, 1.82) is 0 Å². The van der Waals surface area contributed by atoms with Crippen LogP contribution >= 0.6 is 11.8 Å². The molecule has 0 aliphatic rings. The van der Waals surface area contributed by atoms with Gasteiger partial charge in [-0.2, -0.15) is 11.8 Å². The topological polar surface area (TPSA) is 62.7 Å². The SMILES string of the molecule is CCNC(=NCc1ccc(F)cc1CSC)NCCCC(=O)OCC. The van der Waals surface area contributed by atoms with Crippen LogP contribution in [0.4, 0.5) is 4.39 Å². The van der Waals surface area contributed by atoms with E-state index >= 15 is 0 Å². The van der Waals surface area contributed by atoms with E-state index in [2.05, 4.69) is 15.6 Å². The number of hydrogen-bond acceptors (Lipinski definition) is 4. The molecule has 0 aromatic heterocycles. The highest BCUT2D eigenvalue weighted by atomic mass is 32.2. The molecule has 1 rings (SSSR count). The molecule has 0 bridgehead atoms. The van der Waals surface area contributed by atoms with Crippen molar-refractivity contribution in [3.63, 3.8) is 0 Å². The van der Waals surface area contributed by atoms with Gasteiger partial charge in [0.05, 0.1) is 13.2 Å². The fourth-order valence-electron chi connectivity index (χ4n) is 2.22. The van der Waals surface area contributed by atoms with Gasteiger partial charge in [0, 0.05) is 25.3 Å². The van der Waals surface area contributed by atoms with Gasteiger partial charge in [-0.15, -0.1) is 0 Å². The van der Waals surface area contributed by atoms with Crippen LogP contribution in [0.25, 0.3) is 0 Å². The molecular weight excluding hydrogens is 341 g/mol. The molecule has 0 spiro atoms. The van der Waals surface area contributed by atoms with E-state index in [0.29, 0.717) is 38.5 Å². The van der Waals surface area contributed by atoms with Gasteiger partial charge >= 0.3 is 5.97 Å². The Labute approximate surface area is 153 Å². The van der Waals surface area contributed by atoms with Gasteiger partial charge in [0.15, 0.2) is 5.96 Å². The van der Waals surface area contributed by atoms with Crippen LogP contribution in [0.5, 0.6) is 0 Å². The fourth-order valence-corrected chi connectivity index (χ4v) is 2.80. The van der Waals surface area contributed by atoms with Crippen LogP contribution in [0.15, 0.2) is 23.2 Å². The van der Waals surface area contributed by atoms with Crippen LogP contribution in [-0.2, 0) is 21.8 Å². The summed E-state index contributed by atoms with van der Waals surface area (Å²) in [5.74, 6) is 1.04. The molecule has 140 valence electrons. The summed E-state index contributed by atoms with van der Waals surface area (Å²) in [6.45, 7) is 6.05. The van der Waals surface area contributed by atoms with Gasteiger partial charge < -0.3 is 15.4 Å². The molecule has 0 unspecified atom stereocenters. The Morgan fingerprint density at radius 3 is 2.76 bits per heavy atom. The summed E-state index contributed by atoms with van der Waals surface area (Å²) in [6, 6.07) is 4.82. The molecule has 0 saturated heterocycles. The minimum atomic E-state index is -0.222. The zero-order valence-corrected chi connectivity index (χ0v) is 16.0. The maximum absolute atomic E-state index is 13.4. The number of hydrogen-bond donors (Lipinski definition) is 2. The third-order valence-electron chi connectivity index (χ3n) is 3.38. The number of halogens is 1. The molecule has 0 aliphatic carbocycles. The van der Waals surface area contributed by atoms with E-state index < -0.39 is 0 Å². The van der Waals surface area contributed by atoms with E-state index in [0.717, 1.165) is 23.4 Å². The molecule has 0 fully saturated rings. The summed E-state index contributed by atoms with van der Waals surface area (Å²) in [4.78, 5) is 15.9. The molecule has 7 heteroatoms. The predicted octanol–water partition coefficient (Wildman–Crippen LogP) is 3.09. The molecule has 5 nitrogen and oxygen atoms in total. The van der Waals surface area contributed by atoms with E-state index in [9.17, 15) is 9.18 Å². The van der Waals surface area contributed by atoms with Crippen LogP contribution in [0.1, 0.15) is 37.8 Å². The Kier molecular flexibility index (Phi) is 10.7. The average Bonchev–Trinajstić information content (AvgIpc) is 2.58. The first-order chi connectivity index (χ1) is 12.1. The highest BCUT2D eigenvalue weighted by Gasteiger charge is 2.05. The van der Waals surface area contributed by atoms with Gasteiger partial charge in [0.25, 0.3) is 0 Å². The smallest absolute Gasteiger partial charge is 0.305 e. The highest BCUT2D eigenvalue weighted by Crippen LogP contribution is 2.17. The maximum atomic E-state index is 13.4. The molecular formula is C18H28FN3O2S. The van der Waals surface area contributed by atoms with E-state index in [1.807, 2.05) is 13.2 Å². The number of benzene rings is 1. The quantitative estimate of drug-likeness (QED) is 0.287. The summed E-state index contributed by atoms with van der Waals surface area (Å²) in [7, 11) is 0. The van der Waals surface area contributed by atoms with Gasteiger partial charge in [0.1, 0.15) is 5.82 Å². The number of rotatable bonds is 10. The molecule has 0 atom stereocenters. The Balaban J connectivity index is 2.59. The van der Waals surface area contributed by atoms with Crippen molar-refractivity contribution in [3.05, 3.63) is 35.1 Å². The van der Waals surface area contributed by atoms with Crippen molar-refractivity contribution in [2.75, 3.05) is 26.0 Å². The largest absolute Gasteiger partial charge is 0.466 e. The first kappa shape index (κ1) is 21.3. The molecule has 0 radical (unpaired) electrons. The van der Waals surface area contributed by atoms with Gasteiger partial charge in [-0.3, -0.25) is 4.79 Å². The summed E-state index contributed by atoms with van der Waals surface area (Å²) in [5, 5.41) is 6.38. The Morgan fingerprint density at radius 2 is 2.08 bits per heavy atom. The minimum absolute atomic E-state index is 0.181. The summed E-state index contributed by atoms with van der Waals surface area (Å²) in [5.41, 5.74) is 1.98. The standard InChI is InChI=1S/C18H28FN3O2S/c1-4-20-18(21-10-6-7-17(23)24-5-2)22-12-14-8-9-16(19)11-15(14)13-25-3/h8-9,11H,4-7,10,12-13H2,1-3H3,(H2,20,21,22). The molecule has 0 saturated carbocycles. The summed E-state index contributed by atoms with van der Waals surface area (Å²) < 4.78 is 18.3. The Morgan fingerprint density at radius 1 is 1.28 bits per heavy atom. The number of nitrogens with zero attached hydrogens (tertiary/aromatic N) is 1. The molecule has 0 aliphatic heterocycles. The minimum Gasteiger partial charge on any atom is -0.466 e. The van der Waals surface area contributed by atoms with Gasteiger partial charge in [-0.05, 0) is 49.8 Å². The second-order valence-electron chi connectivity index (χ2n) is 5.38. The van der Waals surface area contributed by atoms with E-state index in [1.165, 1.54) is 6.07 Å². The third-order valence-corrected chi connectivity index (χ3v) is 3.98. The number of ether oxygens (including phenoxy) is 1. The van der Waals surface area contributed by atoms with E-state index in [-0.39, 0.29) is 11.8 Å². The average molecular weight is 370 g/mol. The number of esters is 1. The lowest BCUT2D eigenvalue weighted by atomic mass is 10.1. The first-order valence-corrected chi connectivity index (χ1v) is 9.94. The van der Waals surface area contributed by atoms with Gasteiger partial charge in [0.2, 0.25) is 0 Å². The number of guanidine groups is 1. The molecule has 1 aromatic rings. The van der Waals surface area contributed by atoms with Crippen LogP contribution in [0, 0.1) is 5.82 Å². The van der Waals surface area contributed by atoms with Crippen LogP contribution in [0.2, 0.25) is 0 Å². The third kappa shape index (κ3) is 8.77. The summed E-state index contributed by atoms with van der Waals surface area (Å²) in [6.07, 6.45) is 3.06. The first-order valence-electron chi connectivity index (χ1n) is 8.54. The number of carbonyl (C=O) groups excluding carboxylic acids is 1. The monoisotopic (exact) mass is 369 g/mol. The highest BCUT2D eigenvalue weighted by molar-refractivity contribution is 7.97. The van der Waals surface area contributed by atoms with Crippen molar-refractivity contribution < 1.29 is 13.9 Å². The normalized spacial score (nSPS) is 11.3. The van der Waals surface area contributed by atoms with Crippen LogP contribution in [-0.4, -0.2) is 37.9 Å². The van der Waals surface area contributed by atoms with Gasteiger partial charge in [-0.25, -0.2) is 9.38 Å². The maximum Gasteiger partial charge on any atom is 0.305 e. The number of aliphatic imine (C=N–C) groups is 1. The lowest BCUT2D eigenvalue weighted by molar-refractivity contribution is -0.143. The lowest BCUT2D eigenvalue weighted by Gasteiger charge is -2.12. The predicted molar refractivity (Wildman–Crippen MR) is 102 cm³/mol. The van der Waals surface area contributed by atoms with Crippen LogP contribution < -0.4 is 10.6 Å². The molecule has 1 aromatic carbocycles. The number of carbonyl (C=O) groups is 1. The second-order valence-corrected chi connectivity index (χ2v) is 6.24. The van der Waals surface area contributed by atoms with E-state index in [4.69, 9.17) is 4.74 Å². The molecule has 25 heavy (non-hydrogen) atoms. The molecule has 0 heterocycles. The van der Waals surface area contributed by atoms with Crippen molar-refractivity contribution in [2.24, 2.45) is 4.99 Å². The summed E-state index contributed by atoms with van der Waals surface area (Å²) >= 11 is 1.66. The number of thioether (sulfide) groups is 1. The van der Waals surface area contributed by atoms with Crippen LogP contribution in [0.3, 0.4) is 0 Å². The van der Waals surface area contributed by atoms with Crippen molar-refractivity contribution in [3.8, 4) is 0 Å². The number of nitrogens with one attached hydrogen (secondary N) is 2. The van der Waals surface area contributed by atoms with E-state index in [1.54, 1.807) is 30.8 Å². The fraction of sp³-hybridized carbons (Fsp3) is 0.556. The van der Waals surface area contributed by atoms with Crippen molar-refractivity contribution in [1.82, 2.24) is 10.6 Å². The van der Waals surface area contributed by atoms with Crippen molar-refractivity contribution >= 4 is 23.7 Å². The Hall–Kier alpha value is -1.76. The molecule has 0 amide bonds.